The van der Waals surface area contributed by atoms with Crippen molar-refractivity contribution in [2.75, 3.05) is 6.54 Å². The predicted molar refractivity (Wildman–Crippen MR) is 62.9 cm³/mol. The molecule has 0 aromatic rings. The molecule has 0 radical (unpaired) electrons. The SMILES string of the molecule is C=C(Cl)CNC(C)CC(=O)OC(C)(C)C. The summed E-state index contributed by atoms with van der Waals surface area (Å²) in [5.41, 5.74) is -0.424. The molecule has 1 unspecified atom stereocenters. The average molecular weight is 234 g/mol. The maximum absolute atomic E-state index is 11.4. The van der Waals surface area contributed by atoms with E-state index in [1.807, 2.05) is 27.7 Å². The van der Waals surface area contributed by atoms with E-state index >= 15 is 0 Å². The highest BCUT2D eigenvalue weighted by Crippen LogP contribution is 2.09. The Labute approximate surface area is 96.8 Å². The lowest BCUT2D eigenvalue weighted by Gasteiger charge is -2.21. The molecule has 0 rings (SSSR count). The van der Waals surface area contributed by atoms with Crippen molar-refractivity contribution in [2.24, 2.45) is 0 Å². The van der Waals surface area contributed by atoms with E-state index < -0.39 is 5.60 Å². The fourth-order valence-electron chi connectivity index (χ4n) is 0.990. The lowest BCUT2D eigenvalue weighted by atomic mass is 10.2. The van der Waals surface area contributed by atoms with Gasteiger partial charge in [0.15, 0.2) is 0 Å². The molecule has 0 aromatic heterocycles. The van der Waals surface area contributed by atoms with Crippen LogP contribution in [-0.2, 0) is 9.53 Å². The number of carbonyl (C=O) groups is 1. The molecule has 0 heterocycles. The number of ether oxygens (including phenoxy) is 1. The minimum Gasteiger partial charge on any atom is -0.460 e. The summed E-state index contributed by atoms with van der Waals surface area (Å²) in [6.45, 7) is 11.5. The molecule has 0 aliphatic rings. The van der Waals surface area contributed by atoms with Crippen LogP contribution in [0.1, 0.15) is 34.1 Å². The summed E-state index contributed by atoms with van der Waals surface area (Å²) in [6, 6.07) is 0.0374. The smallest absolute Gasteiger partial charge is 0.307 e. The first-order chi connectivity index (χ1) is 6.70. The lowest BCUT2D eigenvalue weighted by Crippen LogP contribution is -2.32. The number of esters is 1. The van der Waals surface area contributed by atoms with E-state index in [2.05, 4.69) is 11.9 Å². The van der Waals surface area contributed by atoms with Crippen LogP contribution in [-0.4, -0.2) is 24.2 Å². The molecule has 0 aliphatic carbocycles. The molecule has 1 atom stereocenters. The number of carbonyl (C=O) groups excluding carboxylic acids is 1. The van der Waals surface area contributed by atoms with Crippen LogP contribution in [0.5, 0.6) is 0 Å². The van der Waals surface area contributed by atoms with Crippen molar-refractivity contribution in [1.29, 1.82) is 0 Å². The summed E-state index contributed by atoms with van der Waals surface area (Å²) >= 11 is 5.59. The van der Waals surface area contributed by atoms with Crippen molar-refractivity contribution in [3.63, 3.8) is 0 Å². The monoisotopic (exact) mass is 233 g/mol. The molecule has 15 heavy (non-hydrogen) atoms. The normalized spacial score (nSPS) is 13.4. The van der Waals surface area contributed by atoms with E-state index in [1.165, 1.54) is 0 Å². The molecule has 0 fully saturated rings. The molecule has 0 aromatic carbocycles. The van der Waals surface area contributed by atoms with Crippen LogP contribution in [0.25, 0.3) is 0 Å². The van der Waals surface area contributed by atoms with E-state index in [0.717, 1.165) is 0 Å². The highest BCUT2D eigenvalue weighted by Gasteiger charge is 2.17. The highest BCUT2D eigenvalue weighted by atomic mass is 35.5. The number of hydrogen-bond donors (Lipinski definition) is 1. The number of nitrogens with one attached hydrogen (secondary N) is 1. The summed E-state index contributed by atoms with van der Waals surface area (Å²) in [6.07, 6.45) is 0.335. The van der Waals surface area contributed by atoms with Gasteiger partial charge < -0.3 is 10.1 Å². The zero-order chi connectivity index (χ0) is 12.1. The van der Waals surface area contributed by atoms with Crippen LogP contribution in [0.15, 0.2) is 11.6 Å². The van der Waals surface area contributed by atoms with Gasteiger partial charge in [-0.2, -0.15) is 0 Å². The largest absolute Gasteiger partial charge is 0.460 e. The van der Waals surface area contributed by atoms with Gasteiger partial charge in [-0.1, -0.05) is 18.2 Å². The third-order valence-electron chi connectivity index (χ3n) is 1.54. The van der Waals surface area contributed by atoms with Gasteiger partial charge in [0.25, 0.3) is 0 Å². The summed E-state index contributed by atoms with van der Waals surface area (Å²) < 4.78 is 5.18. The van der Waals surface area contributed by atoms with Gasteiger partial charge in [0.1, 0.15) is 5.60 Å². The van der Waals surface area contributed by atoms with Gasteiger partial charge in [-0.15, -0.1) is 0 Å². The molecule has 1 N–H and O–H groups in total. The zero-order valence-corrected chi connectivity index (χ0v) is 10.6. The predicted octanol–water partition coefficient (Wildman–Crippen LogP) is 2.45. The zero-order valence-electron chi connectivity index (χ0n) is 9.89. The first-order valence-electron chi connectivity index (χ1n) is 4.99. The molecule has 0 saturated carbocycles. The molecule has 88 valence electrons. The molecular weight excluding hydrogens is 214 g/mol. The van der Waals surface area contributed by atoms with Crippen LogP contribution >= 0.6 is 11.6 Å². The summed E-state index contributed by atoms with van der Waals surface area (Å²) in [4.78, 5) is 11.4. The van der Waals surface area contributed by atoms with Gasteiger partial charge in [-0.05, 0) is 27.7 Å². The van der Waals surface area contributed by atoms with E-state index in [1.54, 1.807) is 0 Å². The second-order valence-electron chi connectivity index (χ2n) is 4.59. The molecule has 0 spiro atoms. The van der Waals surface area contributed by atoms with Crippen molar-refractivity contribution in [2.45, 2.75) is 45.8 Å². The molecule has 0 aliphatic heterocycles. The Bertz CT molecular complexity index is 233. The number of halogens is 1. The lowest BCUT2D eigenvalue weighted by molar-refractivity contribution is -0.155. The van der Waals surface area contributed by atoms with E-state index in [0.29, 0.717) is 18.0 Å². The summed E-state index contributed by atoms with van der Waals surface area (Å²) in [7, 11) is 0. The minimum absolute atomic E-state index is 0.0374. The van der Waals surface area contributed by atoms with E-state index in [9.17, 15) is 4.79 Å². The summed E-state index contributed by atoms with van der Waals surface area (Å²) in [5.74, 6) is -0.206. The first kappa shape index (κ1) is 14.5. The van der Waals surface area contributed by atoms with Crippen LogP contribution < -0.4 is 5.32 Å². The molecule has 0 saturated heterocycles. The Hall–Kier alpha value is -0.540. The number of rotatable bonds is 5. The van der Waals surface area contributed by atoms with Crippen molar-refractivity contribution >= 4 is 17.6 Å². The van der Waals surface area contributed by atoms with E-state index in [4.69, 9.17) is 16.3 Å². The van der Waals surface area contributed by atoms with Gasteiger partial charge >= 0.3 is 5.97 Å². The Morgan fingerprint density at radius 2 is 2.07 bits per heavy atom. The van der Waals surface area contributed by atoms with Crippen LogP contribution in [0, 0.1) is 0 Å². The second kappa shape index (κ2) is 6.13. The highest BCUT2D eigenvalue weighted by molar-refractivity contribution is 6.29. The fourth-order valence-corrected chi connectivity index (χ4v) is 1.07. The Balaban J connectivity index is 3.81. The third kappa shape index (κ3) is 9.76. The molecule has 3 nitrogen and oxygen atoms in total. The Morgan fingerprint density at radius 1 is 1.53 bits per heavy atom. The molecule has 0 amide bonds. The van der Waals surface area contributed by atoms with Gasteiger partial charge in [0, 0.05) is 17.6 Å². The topological polar surface area (TPSA) is 38.3 Å². The van der Waals surface area contributed by atoms with Crippen molar-refractivity contribution in [3.8, 4) is 0 Å². The van der Waals surface area contributed by atoms with Crippen molar-refractivity contribution in [3.05, 3.63) is 11.6 Å². The average Bonchev–Trinajstić information content (AvgIpc) is 1.96. The van der Waals surface area contributed by atoms with Crippen molar-refractivity contribution < 1.29 is 9.53 Å². The Kier molecular flexibility index (Phi) is 5.91. The van der Waals surface area contributed by atoms with Crippen molar-refractivity contribution in [1.82, 2.24) is 5.32 Å². The minimum atomic E-state index is -0.424. The van der Waals surface area contributed by atoms with Gasteiger partial charge in [-0.25, -0.2) is 0 Å². The molecule has 4 heteroatoms. The standard InChI is InChI=1S/C11H20ClNO2/c1-8(12)7-13-9(2)6-10(14)15-11(3,4)5/h9,13H,1,6-7H2,2-5H3. The summed E-state index contributed by atoms with van der Waals surface area (Å²) in [5, 5.41) is 3.60. The maximum Gasteiger partial charge on any atom is 0.307 e. The first-order valence-corrected chi connectivity index (χ1v) is 5.37. The third-order valence-corrected chi connectivity index (χ3v) is 1.67. The number of hydrogen-bond acceptors (Lipinski definition) is 3. The second-order valence-corrected chi connectivity index (χ2v) is 5.12. The van der Waals surface area contributed by atoms with E-state index in [-0.39, 0.29) is 12.0 Å². The fraction of sp³-hybridized carbons (Fsp3) is 0.727. The maximum atomic E-state index is 11.4. The van der Waals surface area contributed by atoms with Gasteiger partial charge in [-0.3, -0.25) is 4.79 Å². The van der Waals surface area contributed by atoms with Gasteiger partial charge in [0.05, 0.1) is 6.42 Å². The van der Waals surface area contributed by atoms with Crippen LogP contribution in [0.3, 0.4) is 0 Å². The quantitative estimate of drug-likeness (QED) is 0.742. The van der Waals surface area contributed by atoms with Gasteiger partial charge in [0.2, 0.25) is 0 Å². The molecular formula is C11H20ClNO2. The molecule has 0 bridgehead atoms. The van der Waals surface area contributed by atoms with Crippen LogP contribution in [0.4, 0.5) is 0 Å². The Morgan fingerprint density at radius 3 is 2.47 bits per heavy atom. The van der Waals surface area contributed by atoms with Crippen LogP contribution in [0.2, 0.25) is 0 Å².